The second kappa shape index (κ2) is 7.11. The number of aryl methyl sites for hydroxylation is 1. The van der Waals surface area contributed by atoms with Crippen molar-refractivity contribution in [3.05, 3.63) is 47.2 Å². The van der Waals surface area contributed by atoms with Crippen molar-refractivity contribution in [2.45, 2.75) is 32.1 Å². The third kappa shape index (κ3) is 3.55. The average Bonchev–Trinajstić information content (AvgIpc) is 3.15. The fourth-order valence-electron chi connectivity index (χ4n) is 3.52. The molecule has 29 heavy (non-hydrogen) atoms. The van der Waals surface area contributed by atoms with Gasteiger partial charge in [-0.3, -0.25) is 9.59 Å². The van der Waals surface area contributed by atoms with Crippen LogP contribution < -0.4 is 10.2 Å². The lowest BCUT2D eigenvalue weighted by Gasteiger charge is -2.16. The Balaban J connectivity index is 1.28. The molecule has 2 aliphatic rings. The van der Waals surface area contributed by atoms with E-state index in [9.17, 15) is 9.59 Å². The van der Waals surface area contributed by atoms with Gasteiger partial charge in [0.25, 0.3) is 0 Å². The van der Waals surface area contributed by atoms with E-state index in [0.29, 0.717) is 24.2 Å². The molecule has 0 radical (unpaired) electrons. The van der Waals surface area contributed by atoms with Crippen molar-refractivity contribution >= 4 is 34.5 Å². The maximum absolute atomic E-state index is 12.8. The van der Waals surface area contributed by atoms with Gasteiger partial charge in [0.1, 0.15) is 0 Å². The van der Waals surface area contributed by atoms with Crippen LogP contribution in [-0.4, -0.2) is 28.5 Å². The SMILES string of the molecule is Cc1sc(-c2noc(C3CC3)n2)cc1NC(=O)[C@@H]1CC(=O)N(c2ccccc2)C1. The first-order chi connectivity index (χ1) is 14.1. The minimum atomic E-state index is -0.378. The van der Waals surface area contributed by atoms with Crippen LogP contribution in [0.15, 0.2) is 40.9 Å². The van der Waals surface area contributed by atoms with Gasteiger partial charge in [-0.15, -0.1) is 11.3 Å². The maximum Gasteiger partial charge on any atom is 0.230 e. The van der Waals surface area contributed by atoms with Gasteiger partial charge in [-0.2, -0.15) is 4.98 Å². The largest absolute Gasteiger partial charge is 0.339 e. The summed E-state index contributed by atoms with van der Waals surface area (Å²) in [6.45, 7) is 2.34. The Hall–Kier alpha value is -3.00. The number of carbonyl (C=O) groups is 2. The van der Waals surface area contributed by atoms with E-state index in [-0.39, 0.29) is 24.2 Å². The molecule has 148 valence electrons. The molecule has 1 aliphatic heterocycles. The van der Waals surface area contributed by atoms with Gasteiger partial charge in [-0.25, -0.2) is 0 Å². The fraction of sp³-hybridized carbons (Fsp3) is 0.333. The monoisotopic (exact) mass is 408 g/mol. The van der Waals surface area contributed by atoms with Crippen LogP contribution in [0.4, 0.5) is 11.4 Å². The molecule has 3 heterocycles. The summed E-state index contributed by atoms with van der Waals surface area (Å²) in [5, 5.41) is 7.06. The van der Waals surface area contributed by atoms with Crippen LogP contribution in [0.25, 0.3) is 10.7 Å². The van der Waals surface area contributed by atoms with Crippen LogP contribution in [0, 0.1) is 12.8 Å². The predicted octanol–water partition coefficient (Wildman–Crippen LogP) is 3.98. The van der Waals surface area contributed by atoms with E-state index < -0.39 is 0 Å². The quantitative estimate of drug-likeness (QED) is 0.690. The molecule has 5 rings (SSSR count). The van der Waals surface area contributed by atoms with Crippen molar-refractivity contribution in [2.24, 2.45) is 5.92 Å². The van der Waals surface area contributed by atoms with E-state index in [4.69, 9.17) is 4.52 Å². The van der Waals surface area contributed by atoms with Gasteiger partial charge < -0.3 is 14.7 Å². The minimum absolute atomic E-state index is 0.0292. The highest BCUT2D eigenvalue weighted by Crippen LogP contribution is 2.40. The van der Waals surface area contributed by atoms with Crippen LogP contribution in [0.3, 0.4) is 0 Å². The van der Waals surface area contributed by atoms with E-state index in [1.807, 2.05) is 43.3 Å². The molecule has 0 bridgehead atoms. The predicted molar refractivity (Wildman–Crippen MR) is 110 cm³/mol. The molecule has 7 nitrogen and oxygen atoms in total. The van der Waals surface area contributed by atoms with E-state index in [0.717, 1.165) is 34.0 Å². The Morgan fingerprint density at radius 2 is 2.07 bits per heavy atom. The van der Waals surface area contributed by atoms with Crippen LogP contribution in [0.1, 0.15) is 35.9 Å². The third-order valence-corrected chi connectivity index (χ3v) is 6.37. The van der Waals surface area contributed by atoms with Crippen LogP contribution in [0.2, 0.25) is 0 Å². The van der Waals surface area contributed by atoms with Gasteiger partial charge in [-0.1, -0.05) is 23.4 Å². The Bertz CT molecular complexity index is 1070. The first-order valence-corrected chi connectivity index (χ1v) is 10.5. The number of rotatable bonds is 5. The van der Waals surface area contributed by atoms with Crippen molar-refractivity contribution in [1.29, 1.82) is 0 Å². The number of benzene rings is 1. The minimum Gasteiger partial charge on any atom is -0.339 e. The molecule has 2 amide bonds. The van der Waals surface area contributed by atoms with Gasteiger partial charge in [-0.05, 0) is 38.0 Å². The highest BCUT2D eigenvalue weighted by molar-refractivity contribution is 7.16. The number of hydrogen-bond donors (Lipinski definition) is 1. The number of amides is 2. The van der Waals surface area contributed by atoms with Crippen molar-refractivity contribution in [3.8, 4) is 10.7 Å². The second-order valence-electron chi connectivity index (χ2n) is 7.54. The Kier molecular flexibility index (Phi) is 4.43. The first kappa shape index (κ1) is 18.1. The molecule has 1 aliphatic carbocycles. The summed E-state index contributed by atoms with van der Waals surface area (Å²) < 4.78 is 5.34. The molecular formula is C21H20N4O3S. The lowest BCUT2D eigenvalue weighted by molar-refractivity contribution is -0.122. The van der Waals surface area contributed by atoms with Crippen LogP contribution in [-0.2, 0) is 9.59 Å². The fourth-order valence-corrected chi connectivity index (χ4v) is 4.42. The first-order valence-electron chi connectivity index (χ1n) is 9.69. The lowest BCUT2D eigenvalue weighted by atomic mass is 10.1. The molecule has 1 atom stereocenters. The number of para-hydroxylation sites is 1. The van der Waals surface area contributed by atoms with Crippen molar-refractivity contribution < 1.29 is 14.1 Å². The normalized spacial score (nSPS) is 19.0. The summed E-state index contributed by atoms with van der Waals surface area (Å²) in [5.74, 6) is 1.12. The zero-order chi connectivity index (χ0) is 20.0. The van der Waals surface area contributed by atoms with E-state index in [2.05, 4.69) is 15.5 Å². The van der Waals surface area contributed by atoms with E-state index >= 15 is 0 Å². The standard InChI is InChI=1S/C21H20N4O3S/c1-12-16(10-17(29-12)19-23-21(28-24-19)13-7-8-13)22-20(27)14-9-18(26)25(11-14)15-5-3-2-4-6-15/h2-6,10,13-14H,7-9,11H2,1H3,(H,22,27)/t14-/m1/s1. The van der Waals surface area contributed by atoms with Gasteiger partial charge in [0.15, 0.2) is 0 Å². The van der Waals surface area contributed by atoms with Crippen molar-refractivity contribution in [3.63, 3.8) is 0 Å². The summed E-state index contributed by atoms with van der Waals surface area (Å²) in [5.41, 5.74) is 1.56. The lowest BCUT2D eigenvalue weighted by Crippen LogP contribution is -2.28. The topological polar surface area (TPSA) is 88.3 Å². The Morgan fingerprint density at radius 1 is 1.28 bits per heavy atom. The number of aromatic nitrogens is 2. The summed E-state index contributed by atoms with van der Waals surface area (Å²) in [6, 6.07) is 11.3. The zero-order valence-electron chi connectivity index (χ0n) is 15.9. The third-order valence-electron chi connectivity index (χ3n) is 5.33. The molecule has 0 unspecified atom stereocenters. The molecule has 2 fully saturated rings. The molecule has 3 aromatic rings. The number of hydrogen-bond acceptors (Lipinski definition) is 6. The summed E-state index contributed by atoms with van der Waals surface area (Å²) in [4.78, 5) is 33.2. The number of nitrogens with one attached hydrogen (secondary N) is 1. The van der Waals surface area contributed by atoms with Crippen LogP contribution >= 0.6 is 11.3 Å². The Labute approximate surface area is 171 Å². The van der Waals surface area contributed by atoms with Crippen molar-refractivity contribution in [2.75, 3.05) is 16.8 Å². The molecule has 1 saturated carbocycles. The molecule has 1 aromatic carbocycles. The molecule has 2 aromatic heterocycles. The second-order valence-corrected chi connectivity index (χ2v) is 8.80. The number of anilines is 2. The van der Waals surface area contributed by atoms with Gasteiger partial charge >= 0.3 is 0 Å². The number of thiophene rings is 1. The van der Waals surface area contributed by atoms with Gasteiger partial charge in [0, 0.05) is 29.4 Å². The zero-order valence-corrected chi connectivity index (χ0v) is 16.7. The molecular weight excluding hydrogens is 388 g/mol. The molecule has 1 saturated heterocycles. The highest BCUT2D eigenvalue weighted by atomic mass is 32.1. The smallest absolute Gasteiger partial charge is 0.230 e. The van der Waals surface area contributed by atoms with Gasteiger partial charge in [0.2, 0.25) is 23.5 Å². The summed E-state index contributed by atoms with van der Waals surface area (Å²) >= 11 is 1.52. The van der Waals surface area contributed by atoms with E-state index in [1.54, 1.807) is 4.90 Å². The summed E-state index contributed by atoms with van der Waals surface area (Å²) in [7, 11) is 0. The molecule has 1 N–H and O–H groups in total. The highest BCUT2D eigenvalue weighted by Gasteiger charge is 2.35. The van der Waals surface area contributed by atoms with Crippen LogP contribution in [0.5, 0.6) is 0 Å². The van der Waals surface area contributed by atoms with Gasteiger partial charge in [0.05, 0.1) is 16.5 Å². The number of nitrogens with zero attached hydrogens (tertiary/aromatic N) is 3. The molecule has 8 heteroatoms. The maximum atomic E-state index is 12.8. The Morgan fingerprint density at radius 3 is 2.83 bits per heavy atom. The molecule has 0 spiro atoms. The average molecular weight is 408 g/mol. The van der Waals surface area contributed by atoms with Crippen molar-refractivity contribution in [1.82, 2.24) is 10.1 Å². The number of carbonyl (C=O) groups excluding carboxylic acids is 2. The summed E-state index contributed by atoms with van der Waals surface area (Å²) in [6.07, 6.45) is 2.42. The van der Waals surface area contributed by atoms with E-state index in [1.165, 1.54) is 11.3 Å².